The van der Waals surface area contributed by atoms with Crippen molar-refractivity contribution in [3.63, 3.8) is 0 Å². The van der Waals surface area contributed by atoms with Crippen LogP contribution in [0.1, 0.15) is 18.2 Å². The van der Waals surface area contributed by atoms with Crippen LogP contribution < -0.4 is 10.5 Å². The number of fused-ring (bicyclic) bond motifs is 1. The van der Waals surface area contributed by atoms with Crippen molar-refractivity contribution < 1.29 is 9.53 Å². The standard InChI is InChI=1S/C29H29N7O2/c1-34(2)15-6-9-25(37)35-16-14-21(18-35)36-24(17-30)26(27-28(31)32-19-33-29(27)36)20-10-12-23(13-11-20)38-22-7-4-3-5-8-22/h3-13,19,21H,14-16,18H2,1-2H3,(H2,31,32,33)/b9-6+/t21-/m1/s1. The van der Waals surface area contributed by atoms with Crippen molar-refractivity contribution in [2.24, 2.45) is 0 Å². The summed E-state index contributed by atoms with van der Waals surface area (Å²) in [7, 11) is 3.91. The van der Waals surface area contributed by atoms with Crippen molar-refractivity contribution in [3.8, 4) is 28.7 Å². The zero-order valence-electron chi connectivity index (χ0n) is 21.4. The predicted molar refractivity (Wildman–Crippen MR) is 147 cm³/mol. The molecule has 0 spiro atoms. The molecular formula is C29H29N7O2. The lowest BCUT2D eigenvalue weighted by Crippen LogP contribution is -2.28. The zero-order chi connectivity index (χ0) is 26.6. The summed E-state index contributed by atoms with van der Waals surface area (Å²) >= 11 is 0. The van der Waals surface area contributed by atoms with E-state index in [1.165, 1.54) is 6.33 Å². The summed E-state index contributed by atoms with van der Waals surface area (Å²) in [6.07, 6.45) is 5.60. The highest BCUT2D eigenvalue weighted by Crippen LogP contribution is 2.40. The number of aromatic nitrogens is 3. The van der Waals surface area contributed by atoms with Gasteiger partial charge in [-0.05, 0) is 50.3 Å². The molecule has 192 valence electrons. The SMILES string of the molecule is CN(C)C/C=C/C(=O)N1CC[C@@H](n2c(C#N)c(-c3ccc(Oc4ccccc4)cc3)c3c(N)ncnc32)C1. The number of carbonyl (C=O) groups is 1. The first kappa shape index (κ1) is 25.0. The van der Waals surface area contributed by atoms with Crippen LogP contribution in [0.15, 0.2) is 73.1 Å². The van der Waals surface area contributed by atoms with E-state index in [-0.39, 0.29) is 11.9 Å². The van der Waals surface area contributed by atoms with Crippen LogP contribution in [0.2, 0.25) is 0 Å². The van der Waals surface area contributed by atoms with Gasteiger partial charge >= 0.3 is 0 Å². The second kappa shape index (κ2) is 10.7. The maximum absolute atomic E-state index is 12.8. The van der Waals surface area contributed by atoms with Crippen LogP contribution in [0.5, 0.6) is 11.5 Å². The molecule has 3 heterocycles. The number of nitriles is 1. The lowest BCUT2D eigenvalue weighted by atomic mass is 10.0. The topological polar surface area (TPSA) is 113 Å². The molecule has 1 atom stereocenters. The van der Waals surface area contributed by atoms with Crippen molar-refractivity contribution in [2.45, 2.75) is 12.5 Å². The summed E-state index contributed by atoms with van der Waals surface area (Å²) in [6.45, 7) is 1.77. The monoisotopic (exact) mass is 507 g/mol. The summed E-state index contributed by atoms with van der Waals surface area (Å²) in [4.78, 5) is 25.3. The molecule has 1 amide bonds. The molecule has 0 radical (unpaired) electrons. The quantitative estimate of drug-likeness (QED) is 0.372. The van der Waals surface area contributed by atoms with Crippen molar-refractivity contribution >= 4 is 22.8 Å². The first-order chi connectivity index (χ1) is 18.5. The van der Waals surface area contributed by atoms with Crippen molar-refractivity contribution in [2.75, 3.05) is 39.5 Å². The maximum Gasteiger partial charge on any atom is 0.246 e. The molecule has 1 fully saturated rings. The first-order valence-electron chi connectivity index (χ1n) is 12.4. The van der Waals surface area contributed by atoms with Crippen LogP contribution in [-0.4, -0.2) is 64.0 Å². The Morgan fingerprint density at radius 1 is 1.16 bits per heavy atom. The van der Waals surface area contributed by atoms with Crippen molar-refractivity contribution in [1.29, 1.82) is 5.26 Å². The molecule has 0 unspecified atom stereocenters. The molecule has 2 aromatic heterocycles. The third-order valence-corrected chi connectivity index (χ3v) is 6.61. The molecule has 1 aliphatic heterocycles. The summed E-state index contributed by atoms with van der Waals surface area (Å²) in [5.41, 5.74) is 8.88. The number of benzene rings is 2. The number of hydrogen-bond donors (Lipinski definition) is 1. The number of likely N-dealkylation sites (tertiary alicyclic amines) is 1. The molecule has 9 nitrogen and oxygen atoms in total. The molecule has 38 heavy (non-hydrogen) atoms. The molecular weight excluding hydrogens is 478 g/mol. The molecule has 2 N–H and O–H groups in total. The number of para-hydroxylation sites is 1. The van der Waals surface area contributed by atoms with E-state index in [4.69, 9.17) is 10.5 Å². The van der Waals surface area contributed by atoms with Gasteiger partial charge in [0, 0.05) is 31.3 Å². The Balaban J connectivity index is 1.49. The minimum atomic E-state index is -0.109. The highest BCUT2D eigenvalue weighted by Gasteiger charge is 2.32. The third-order valence-electron chi connectivity index (χ3n) is 6.61. The summed E-state index contributed by atoms with van der Waals surface area (Å²) in [6, 6.07) is 19.4. The van der Waals surface area contributed by atoms with Gasteiger partial charge in [0.05, 0.1) is 11.4 Å². The zero-order valence-corrected chi connectivity index (χ0v) is 21.4. The Labute approximate surface area is 221 Å². The van der Waals surface area contributed by atoms with Gasteiger partial charge in [-0.1, -0.05) is 36.4 Å². The molecule has 4 aromatic rings. The maximum atomic E-state index is 12.8. The second-order valence-corrected chi connectivity index (χ2v) is 9.49. The van der Waals surface area contributed by atoms with E-state index >= 15 is 0 Å². The summed E-state index contributed by atoms with van der Waals surface area (Å²) < 4.78 is 7.86. The van der Waals surface area contributed by atoms with Gasteiger partial charge < -0.3 is 24.8 Å². The largest absolute Gasteiger partial charge is 0.457 e. The van der Waals surface area contributed by atoms with Gasteiger partial charge in [0.15, 0.2) is 0 Å². The van der Waals surface area contributed by atoms with E-state index < -0.39 is 0 Å². The number of anilines is 1. The molecule has 2 aromatic carbocycles. The van der Waals surface area contributed by atoms with E-state index in [0.29, 0.717) is 59.9 Å². The molecule has 9 heteroatoms. The minimum Gasteiger partial charge on any atom is -0.457 e. The van der Waals surface area contributed by atoms with Gasteiger partial charge in [-0.25, -0.2) is 9.97 Å². The van der Waals surface area contributed by atoms with E-state index in [0.717, 1.165) is 11.3 Å². The number of nitrogens with zero attached hydrogens (tertiary/aromatic N) is 6. The van der Waals surface area contributed by atoms with E-state index in [2.05, 4.69) is 16.0 Å². The summed E-state index contributed by atoms with van der Waals surface area (Å²) in [5.74, 6) is 1.69. The molecule has 0 bridgehead atoms. The third kappa shape index (κ3) is 4.94. The number of nitrogens with two attached hydrogens (primary N) is 1. The highest BCUT2D eigenvalue weighted by atomic mass is 16.5. The Hall–Kier alpha value is -4.68. The van der Waals surface area contributed by atoms with E-state index in [1.54, 1.807) is 6.08 Å². The minimum absolute atomic E-state index is 0.0345. The summed E-state index contributed by atoms with van der Waals surface area (Å²) in [5, 5.41) is 11.0. The average molecular weight is 508 g/mol. The Morgan fingerprint density at radius 3 is 2.61 bits per heavy atom. The normalized spacial score (nSPS) is 15.4. The van der Waals surface area contributed by atoms with E-state index in [9.17, 15) is 10.1 Å². The van der Waals surface area contributed by atoms with Gasteiger partial charge in [-0.2, -0.15) is 5.26 Å². The number of amides is 1. The number of rotatable bonds is 7. The number of hydrogen-bond acceptors (Lipinski definition) is 7. The average Bonchev–Trinajstić information content (AvgIpc) is 3.53. The van der Waals surface area contributed by atoms with Crippen LogP contribution >= 0.6 is 0 Å². The van der Waals surface area contributed by atoms with E-state index in [1.807, 2.05) is 89.1 Å². The predicted octanol–water partition coefficient (Wildman–Crippen LogP) is 4.24. The van der Waals surface area contributed by atoms with Crippen LogP contribution in [-0.2, 0) is 4.79 Å². The fourth-order valence-corrected chi connectivity index (χ4v) is 4.84. The van der Waals surface area contributed by atoms with Crippen molar-refractivity contribution in [1.82, 2.24) is 24.3 Å². The van der Waals surface area contributed by atoms with Crippen LogP contribution in [0.3, 0.4) is 0 Å². The van der Waals surface area contributed by atoms with Crippen molar-refractivity contribution in [3.05, 3.63) is 78.8 Å². The van der Waals surface area contributed by atoms with Crippen LogP contribution in [0.25, 0.3) is 22.2 Å². The Morgan fingerprint density at radius 2 is 1.89 bits per heavy atom. The molecule has 5 rings (SSSR count). The van der Waals surface area contributed by atoms with Gasteiger partial charge in [0.2, 0.25) is 5.91 Å². The molecule has 1 saturated heterocycles. The lowest BCUT2D eigenvalue weighted by Gasteiger charge is -2.17. The number of ether oxygens (including phenoxy) is 1. The highest BCUT2D eigenvalue weighted by molar-refractivity contribution is 6.03. The molecule has 1 aliphatic rings. The lowest BCUT2D eigenvalue weighted by molar-refractivity contribution is -0.125. The molecule has 0 saturated carbocycles. The number of likely N-dealkylation sites (N-methyl/N-ethyl adjacent to an activating group) is 1. The van der Waals surface area contributed by atoms with Gasteiger partial charge in [-0.3, -0.25) is 4.79 Å². The smallest absolute Gasteiger partial charge is 0.246 e. The van der Waals surface area contributed by atoms with Gasteiger partial charge in [-0.15, -0.1) is 0 Å². The number of carbonyl (C=O) groups excluding carboxylic acids is 1. The van der Waals surface area contributed by atoms with Crippen LogP contribution in [0.4, 0.5) is 5.82 Å². The Bertz CT molecular complexity index is 1520. The fraction of sp³-hybridized carbons (Fsp3) is 0.241. The fourth-order valence-electron chi connectivity index (χ4n) is 4.84. The van der Waals surface area contributed by atoms with Gasteiger partial charge in [0.25, 0.3) is 0 Å². The van der Waals surface area contributed by atoms with Crippen LogP contribution in [0, 0.1) is 11.3 Å². The van der Waals surface area contributed by atoms with Gasteiger partial charge in [0.1, 0.15) is 41.1 Å². The molecule has 0 aliphatic carbocycles. The Kier molecular flexibility index (Phi) is 7.07. The number of nitrogen functional groups attached to an aromatic ring is 1. The first-order valence-corrected chi connectivity index (χ1v) is 12.4. The second-order valence-electron chi connectivity index (χ2n) is 9.49.